The van der Waals surface area contributed by atoms with E-state index in [9.17, 15) is 9.59 Å². The van der Waals surface area contributed by atoms with Gasteiger partial charge in [0.1, 0.15) is 14.2 Å². The minimum atomic E-state index is -0.232. The number of carbonyl (C=O) groups is 1. The number of hydrogen-bond acceptors (Lipinski definition) is 6. The van der Waals surface area contributed by atoms with Crippen LogP contribution in [0.2, 0.25) is 0 Å². The largest absolute Gasteiger partial charge is 0.334 e. The van der Waals surface area contributed by atoms with Crippen molar-refractivity contribution in [3.63, 3.8) is 0 Å². The summed E-state index contributed by atoms with van der Waals surface area (Å²) in [5, 5.41) is 6.81. The van der Waals surface area contributed by atoms with Crippen molar-refractivity contribution in [1.82, 2.24) is 4.57 Å². The van der Waals surface area contributed by atoms with Gasteiger partial charge in [-0.2, -0.15) is 10.1 Å². The van der Waals surface area contributed by atoms with E-state index in [2.05, 4.69) is 35.6 Å². The summed E-state index contributed by atoms with van der Waals surface area (Å²) in [7, 11) is 0. The number of carbonyl (C=O) groups excluding carboxylic acids is 1. The number of nitrogens with zero attached hydrogens (tertiary/aromatic N) is 4. The normalized spacial score (nSPS) is 18.6. The predicted octanol–water partition coefficient (Wildman–Crippen LogP) is 3.37. The van der Waals surface area contributed by atoms with Crippen molar-refractivity contribution in [3.8, 4) is 0 Å². The maximum Gasteiger partial charge on any atom is 0.283 e. The lowest BCUT2D eigenvalue weighted by atomic mass is 10.2. The van der Waals surface area contributed by atoms with E-state index in [4.69, 9.17) is 0 Å². The van der Waals surface area contributed by atoms with Gasteiger partial charge in [0.2, 0.25) is 0 Å². The van der Waals surface area contributed by atoms with Gasteiger partial charge >= 0.3 is 0 Å². The highest BCUT2D eigenvalue weighted by Gasteiger charge is 2.32. The predicted molar refractivity (Wildman–Crippen MR) is 137 cm³/mol. The summed E-state index contributed by atoms with van der Waals surface area (Å²) in [6.45, 7) is 8.76. The molecule has 2 aliphatic rings. The van der Waals surface area contributed by atoms with Crippen LogP contribution in [0.4, 0.5) is 11.4 Å². The highest BCUT2D eigenvalue weighted by Crippen LogP contribution is 2.45. The topological polar surface area (TPSA) is 57.9 Å². The molecule has 0 radical (unpaired) electrons. The van der Waals surface area contributed by atoms with Crippen LogP contribution in [0.5, 0.6) is 0 Å². The molecule has 33 heavy (non-hydrogen) atoms. The molecule has 1 aromatic heterocycles. The Hall–Kier alpha value is -3.36. The summed E-state index contributed by atoms with van der Waals surface area (Å²) in [5.41, 5.74) is 2.73. The molecule has 0 spiro atoms. The molecule has 2 aromatic carbocycles. The number of thiazole rings is 1. The molecule has 0 unspecified atom stereocenters. The van der Waals surface area contributed by atoms with E-state index >= 15 is 0 Å². The first kappa shape index (κ1) is 21.5. The van der Waals surface area contributed by atoms with Gasteiger partial charge in [0.05, 0.1) is 22.7 Å². The third kappa shape index (κ3) is 3.46. The molecule has 166 valence electrons. The molecule has 0 atom stereocenters. The molecule has 0 fully saturated rings. The van der Waals surface area contributed by atoms with Gasteiger partial charge in [0.15, 0.2) is 0 Å². The summed E-state index contributed by atoms with van der Waals surface area (Å²) in [6, 6.07) is 17.5. The molecule has 8 heteroatoms. The van der Waals surface area contributed by atoms with Gasteiger partial charge in [-0.25, -0.2) is 0 Å². The minimum Gasteiger partial charge on any atom is -0.334 e. The molecule has 0 saturated carbocycles. The Kier molecular flexibility index (Phi) is 5.55. The first-order chi connectivity index (χ1) is 16.0. The van der Waals surface area contributed by atoms with Crippen LogP contribution in [0.25, 0.3) is 10.6 Å². The fraction of sp³-hybridized carbons (Fsp3) is 0.160. The van der Waals surface area contributed by atoms with Crippen LogP contribution in [-0.4, -0.2) is 22.7 Å². The number of amides is 1. The van der Waals surface area contributed by atoms with E-state index in [0.29, 0.717) is 32.7 Å². The number of hydrogen-bond donors (Lipinski definition) is 0. The number of aromatic nitrogens is 1. The third-order valence-electron chi connectivity index (χ3n) is 5.55. The highest BCUT2D eigenvalue weighted by molar-refractivity contribution is 8.08. The first-order valence-electron chi connectivity index (χ1n) is 10.6. The monoisotopic (exact) mass is 474 g/mol. The Morgan fingerprint density at radius 1 is 1.06 bits per heavy atom. The van der Waals surface area contributed by atoms with Crippen LogP contribution in [0.3, 0.4) is 0 Å². The molecule has 3 aromatic rings. The van der Waals surface area contributed by atoms with Crippen LogP contribution in [-0.2, 0) is 11.3 Å². The molecule has 3 heterocycles. The maximum absolute atomic E-state index is 13.6. The highest BCUT2D eigenvalue weighted by atomic mass is 32.2. The zero-order valence-electron chi connectivity index (χ0n) is 18.3. The zero-order valence-corrected chi connectivity index (χ0v) is 19.9. The number of rotatable bonds is 4. The first-order valence-corrected chi connectivity index (χ1v) is 12.3. The van der Waals surface area contributed by atoms with Crippen molar-refractivity contribution in [2.75, 3.05) is 16.5 Å². The summed E-state index contributed by atoms with van der Waals surface area (Å²) >= 11 is 2.95. The van der Waals surface area contributed by atoms with Crippen molar-refractivity contribution in [2.24, 2.45) is 5.10 Å². The molecule has 0 N–H and O–H groups in total. The van der Waals surface area contributed by atoms with Crippen LogP contribution in [0.1, 0.15) is 13.8 Å². The fourth-order valence-corrected chi connectivity index (χ4v) is 6.64. The van der Waals surface area contributed by atoms with Crippen LogP contribution in [0, 0.1) is 0 Å². The zero-order chi connectivity index (χ0) is 23.1. The lowest BCUT2D eigenvalue weighted by Crippen LogP contribution is -2.35. The number of para-hydroxylation sites is 2. The Labute approximate surface area is 199 Å². The van der Waals surface area contributed by atoms with Crippen molar-refractivity contribution in [3.05, 3.63) is 86.8 Å². The minimum absolute atomic E-state index is 0.116. The number of allylic oxidation sites excluding steroid dienone is 1. The lowest BCUT2D eigenvalue weighted by Gasteiger charge is -2.16. The number of thioether (sulfide) groups is 1. The molecular weight excluding hydrogens is 452 g/mol. The summed E-state index contributed by atoms with van der Waals surface area (Å²) in [6.07, 6.45) is 1.68. The van der Waals surface area contributed by atoms with E-state index in [0.717, 1.165) is 22.2 Å². The average Bonchev–Trinajstić information content (AvgIpc) is 3.45. The van der Waals surface area contributed by atoms with Crippen molar-refractivity contribution in [1.29, 1.82) is 0 Å². The second-order valence-electron chi connectivity index (χ2n) is 7.57. The summed E-state index contributed by atoms with van der Waals surface area (Å²) in [4.78, 5) is 30.3. The van der Waals surface area contributed by atoms with Gasteiger partial charge in [0, 0.05) is 18.0 Å². The smallest absolute Gasteiger partial charge is 0.283 e. The summed E-state index contributed by atoms with van der Waals surface area (Å²) < 4.78 is 2.87. The Morgan fingerprint density at radius 3 is 2.52 bits per heavy atom. The maximum atomic E-state index is 13.6. The number of hydrazone groups is 1. The number of anilines is 2. The van der Waals surface area contributed by atoms with E-state index in [1.807, 2.05) is 49.4 Å². The number of fused-ring (bicyclic) bond motifs is 1. The molecule has 0 aliphatic carbocycles. The van der Waals surface area contributed by atoms with E-state index < -0.39 is 0 Å². The molecular formula is C25H22N4O2S2. The standard InChI is InChI=1S/C25H22N4O2S2/c1-4-15-28-23(31)21(25-27(5-2)18-13-9-10-14-19(18)32-25)33-24(28)20-16(3)26-29(22(20)30)17-11-7-6-8-12-17/h4,6-14H,1,5,15H2,2-3H3/b24-20+,25-21-. The molecule has 0 bridgehead atoms. The fourth-order valence-electron chi connectivity index (χ4n) is 4.04. The SMILES string of the molecule is C=CCn1c(=O)/c(=C2/Sc3ccccc3N2CC)s/c1=C1/C(=O)N(c2ccccc2)N=C1C. The Morgan fingerprint density at radius 2 is 1.79 bits per heavy atom. The molecule has 0 saturated heterocycles. The Bertz CT molecular complexity index is 1480. The average molecular weight is 475 g/mol. The van der Waals surface area contributed by atoms with Crippen molar-refractivity contribution in [2.45, 2.75) is 25.3 Å². The van der Waals surface area contributed by atoms with Gasteiger partial charge in [-0.1, -0.05) is 48.2 Å². The van der Waals surface area contributed by atoms with Crippen LogP contribution in [0.15, 0.2) is 82.0 Å². The number of benzene rings is 2. The van der Waals surface area contributed by atoms with Crippen LogP contribution >= 0.6 is 23.1 Å². The third-order valence-corrected chi connectivity index (χ3v) is 8.05. The summed E-state index contributed by atoms with van der Waals surface area (Å²) in [5.74, 6) is -0.232. The van der Waals surface area contributed by atoms with Gasteiger partial charge in [-0.3, -0.25) is 14.2 Å². The van der Waals surface area contributed by atoms with E-state index in [-0.39, 0.29) is 11.5 Å². The van der Waals surface area contributed by atoms with Crippen molar-refractivity contribution < 1.29 is 4.79 Å². The molecule has 1 amide bonds. The molecule has 5 rings (SSSR count). The van der Waals surface area contributed by atoms with Gasteiger partial charge in [-0.05, 0) is 38.1 Å². The van der Waals surface area contributed by atoms with E-state index in [1.165, 1.54) is 16.3 Å². The second-order valence-corrected chi connectivity index (χ2v) is 9.60. The van der Waals surface area contributed by atoms with Crippen LogP contribution < -0.4 is 24.7 Å². The van der Waals surface area contributed by atoms with E-state index in [1.54, 1.807) is 22.4 Å². The van der Waals surface area contributed by atoms with Crippen molar-refractivity contribution >= 4 is 56.7 Å². The molecule has 2 aliphatic heterocycles. The Balaban J connectivity index is 1.76. The molecule has 6 nitrogen and oxygen atoms in total. The van der Waals surface area contributed by atoms with Gasteiger partial charge in [0.25, 0.3) is 11.5 Å². The van der Waals surface area contributed by atoms with Gasteiger partial charge in [-0.15, -0.1) is 17.9 Å². The second kappa shape index (κ2) is 8.53. The van der Waals surface area contributed by atoms with Gasteiger partial charge < -0.3 is 4.90 Å². The lowest BCUT2D eigenvalue weighted by molar-refractivity contribution is -0.112. The quantitative estimate of drug-likeness (QED) is 0.544.